The first-order chi connectivity index (χ1) is 7.60. The molecule has 1 N–H and O–H groups in total. The number of halogens is 1. The van der Waals surface area contributed by atoms with E-state index in [1.54, 1.807) is 11.8 Å². The molecule has 4 heteroatoms. The summed E-state index contributed by atoms with van der Waals surface area (Å²) in [6, 6.07) is 7.69. The molecule has 0 spiro atoms. The summed E-state index contributed by atoms with van der Waals surface area (Å²) < 4.78 is 0. The number of rotatable bonds is 5. The summed E-state index contributed by atoms with van der Waals surface area (Å²) in [7, 11) is 0. The van der Waals surface area contributed by atoms with Crippen LogP contribution in [0.1, 0.15) is 19.3 Å². The molecule has 1 aliphatic carbocycles. The second-order valence-corrected chi connectivity index (χ2v) is 5.80. The Morgan fingerprint density at radius 3 is 2.81 bits per heavy atom. The van der Waals surface area contributed by atoms with Crippen molar-refractivity contribution in [2.75, 3.05) is 5.75 Å². The zero-order valence-electron chi connectivity index (χ0n) is 8.78. The lowest BCUT2D eigenvalue weighted by molar-refractivity contribution is -0.138. The van der Waals surface area contributed by atoms with Gasteiger partial charge in [-0.25, -0.2) is 0 Å². The average molecular weight is 257 g/mol. The predicted molar refractivity (Wildman–Crippen MR) is 66.1 cm³/mol. The maximum absolute atomic E-state index is 10.7. The maximum atomic E-state index is 10.7. The van der Waals surface area contributed by atoms with Gasteiger partial charge in [-0.05, 0) is 36.5 Å². The molecule has 1 aliphatic rings. The first-order valence-corrected chi connectivity index (χ1v) is 6.56. The van der Waals surface area contributed by atoms with Gasteiger partial charge in [0.2, 0.25) is 0 Å². The molecule has 0 aromatic heterocycles. The third kappa shape index (κ3) is 3.16. The first kappa shape index (κ1) is 11.8. The van der Waals surface area contributed by atoms with Crippen LogP contribution in [0.2, 0.25) is 5.02 Å². The quantitative estimate of drug-likeness (QED) is 0.817. The van der Waals surface area contributed by atoms with Gasteiger partial charge < -0.3 is 5.11 Å². The van der Waals surface area contributed by atoms with Crippen molar-refractivity contribution >= 4 is 29.3 Å². The molecule has 1 fully saturated rings. The largest absolute Gasteiger partial charge is 0.481 e. The summed E-state index contributed by atoms with van der Waals surface area (Å²) in [4.78, 5) is 11.8. The van der Waals surface area contributed by atoms with E-state index in [1.807, 2.05) is 24.3 Å². The number of carbonyl (C=O) groups is 1. The topological polar surface area (TPSA) is 37.3 Å². The molecule has 2 nitrogen and oxygen atoms in total. The highest BCUT2D eigenvalue weighted by Gasteiger charge is 2.44. The minimum atomic E-state index is -0.691. The molecule has 0 radical (unpaired) electrons. The lowest BCUT2D eigenvalue weighted by Gasteiger charge is -2.11. The fourth-order valence-electron chi connectivity index (χ4n) is 1.66. The Balaban J connectivity index is 1.90. The van der Waals surface area contributed by atoms with E-state index in [-0.39, 0.29) is 5.41 Å². The zero-order valence-corrected chi connectivity index (χ0v) is 10.4. The van der Waals surface area contributed by atoms with E-state index >= 15 is 0 Å². The van der Waals surface area contributed by atoms with Crippen molar-refractivity contribution in [1.82, 2.24) is 0 Å². The van der Waals surface area contributed by atoms with E-state index in [4.69, 9.17) is 16.7 Å². The summed E-state index contributed by atoms with van der Waals surface area (Å²) in [6.07, 6.45) is 2.36. The molecule has 0 amide bonds. The molecule has 86 valence electrons. The predicted octanol–water partition coefficient (Wildman–Crippen LogP) is 3.69. The van der Waals surface area contributed by atoms with Crippen LogP contribution in [0.15, 0.2) is 29.2 Å². The van der Waals surface area contributed by atoms with Gasteiger partial charge in [0, 0.05) is 15.7 Å². The van der Waals surface area contributed by atoms with Crippen molar-refractivity contribution in [3.8, 4) is 0 Å². The fourth-order valence-corrected chi connectivity index (χ4v) is 3.17. The summed E-state index contributed by atoms with van der Waals surface area (Å²) in [5.41, 5.74) is 0.0405. The molecule has 0 saturated heterocycles. The molecule has 0 heterocycles. The van der Waals surface area contributed by atoms with E-state index in [1.165, 1.54) is 0 Å². The van der Waals surface area contributed by atoms with Crippen LogP contribution in [0.4, 0.5) is 0 Å². The maximum Gasteiger partial charge on any atom is 0.303 e. The highest BCUT2D eigenvalue weighted by Crippen LogP contribution is 2.51. The molecular weight excluding hydrogens is 244 g/mol. The third-order valence-corrected chi connectivity index (χ3v) is 4.40. The Bertz CT molecular complexity index is 402. The van der Waals surface area contributed by atoms with Gasteiger partial charge in [0.15, 0.2) is 0 Å². The van der Waals surface area contributed by atoms with E-state index in [2.05, 4.69) is 0 Å². The molecule has 0 unspecified atom stereocenters. The van der Waals surface area contributed by atoms with Crippen LogP contribution in [-0.2, 0) is 4.79 Å². The van der Waals surface area contributed by atoms with Gasteiger partial charge in [-0.15, -0.1) is 11.8 Å². The second-order valence-electron chi connectivity index (χ2n) is 4.32. The van der Waals surface area contributed by atoms with Crippen LogP contribution >= 0.6 is 23.4 Å². The summed E-state index contributed by atoms with van der Waals surface area (Å²) in [5, 5.41) is 9.53. The van der Waals surface area contributed by atoms with Crippen molar-refractivity contribution in [2.45, 2.75) is 24.2 Å². The third-order valence-electron chi connectivity index (χ3n) is 2.82. The molecule has 0 bridgehead atoms. The summed E-state index contributed by atoms with van der Waals surface area (Å²) in [5.74, 6) is 0.184. The van der Waals surface area contributed by atoms with Crippen molar-refractivity contribution in [3.63, 3.8) is 0 Å². The summed E-state index contributed by atoms with van der Waals surface area (Å²) >= 11 is 7.59. The SMILES string of the molecule is O=C(O)CC1(CSc2cccc(Cl)c2)CC1. The molecule has 1 saturated carbocycles. The average Bonchev–Trinajstić information content (AvgIpc) is 2.95. The van der Waals surface area contributed by atoms with E-state index < -0.39 is 5.97 Å². The highest BCUT2D eigenvalue weighted by atomic mass is 35.5. The molecule has 1 aromatic carbocycles. The number of hydrogen-bond donors (Lipinski definition) is 1. The summed E-state index contributed by atoms with van der Waals surface area (Å²) in [6.45, 7) is 0. The van der Waals surface area contributed by atoms with Gasteiger partial charge >= 0.3 is 5.97 Å². The Morgan fingerprint density at radius 2 is 2.25 bits per heavy atom. The van der Waals surface area contributed by atoms with Gasteiger partial charge in [0.25, 0.3) is 0 Å². The van der Waals surface area contributed by atoms with Crippen LogP contribution < -0.4 is 0 Å². The van der Waals surface area contributed by atoms with Gasteiger partial charge in [-0.1, -0.05) is 17.7 Å². The molecule has 16 heavy (non-hydrogen) atoms. The second kappa shape index (κ2) is 4.68. The van der Waals surface area contributed by atoms with E-state index in [9.17, 15) is 4.79 Å². The minimum Gasteiger partial charge on any atom is -0.481 e. The fraction of sp³-hybridized carbons (Fsp3) is 0.417. The smallest absolute Gasteiger partial charge is 0.303 e. The molecule has 2 rings (SSSR count). The number of hydrogen-bond acceptors (Lipinski definition) is 2. The molecular formula is C12H13ClO2S. The van der Waals surface area contributed by atoms with Crippen molar-refractivity contribution in [3.05, 3.63) is 29.3 Å². The Morgan fingerprint density at radius 1 is 1.50 bits per heavy atom. The van der Waals surface area contributed by atoms with Gasteiger partial charge in [0.1, 0.15) is 0 Å². The first-order valence-electron chi connectivity index (χ1n) is 5.20. The standard InChI is InChI=1S/C12H13ClO2S/c13-9-2-1-3-10(6-9)16-8-12(4-5-12)7-11(14)15/h1-3,6H,4-5,7-8H2,(H,14,15). The normalized spacial score (nSPS) is 17.1. The molecule has 0 aliphatic heterocycles. The Hall–Kier alpha value is -0.670. The Labute approximate surface area is 104 Å². The van der Waals surface area contributed by atoms with Crippen LogP contribution in [0.25, 0.3) is 0 Å². The number of benzene rings is 1. The number of carboxylic acid groups (broad SMARTS) is 1. The van der Waals surface area contributed by atoms with Crippen LogP contribution in [0, 0.1) is 5.41 Å². The number of aliphatic carboxylic acids is 1. The van der Waals surface area contributed by atoms with Crippen LogP contribution in [0.3, 0.4) is 0 Å². The van der Waals surface area contributed by atoms with Crippen molar-refractivity contribution in [2.24, 2.45) is 5.41 Å². The highest BCUT2D eigenvalue weighted by molar-refractivity contribution is 7.99. The van der Waals surface area contributed by atoms with E-state index in [0.717, 1.165) is 28.5 Å². The van der Waals surface area contributed by atoms with Gasteiger partial charge in [-0.2, -0.15) is 0 Å². The lowest BCUT2D eigenvalue weighted by Crippen LogP contribution is -2.10. The lowest BCUT2D eigenvalue weighted by atomic mass is 10.1. The van der Waals surface area contributed by atoms with Gasteiger partial charge in [0.05, 0.1) is 6.42 Å². The van der Waals surface area contributed by atoms with Crippen molar-refractivity contribution < 1.29 is 9.90 Å². The minimum absolute atomic E-state index is 0.0405. The van der Waals surface area contributed by atoms with E-state index in [0.29, 0.717) is 6.42 Å². The molecule has 0 atom stereocenters. The van der Waals surface area contributed by atoms with Crippen LogP contribution in [0.5, 0.6) is 0 Å². The molecule has 1 aromatic rings. The van der Waals surface area contributed by atoms with Gasteiger partial charge in [-0.3, -0.25) is 4.79 Å². The number of thioether (sulfide) groups is 1. The van der Waals surface area contributed by atoms with Crippen LogP contribution in [-0.4, -0.2) is 16.8 Å². The monoisotopic (exact) mass is 256 g/mol. The Kier molecular flexibility index (Phi) is 3.45. The number of carboxylic acids is 1. The van der Waals surface area contributed by atoms with Crippen molar-refractivity contribution in [1.29, 1.82) is 0 Å². The zero-order chi connectivity index (χ0) is 11.6.